The summed E-state index contributed by atoms with van der Waals surface area (Å²) in [5, 5.41) is 2.29. The molecule has 0 aliphatic heterocycles. The van der Waals surface area contributed by atoms with Gasteiger partial charge in [0.2, 0.25) is 0 Å². The maximum atomic E-state index is 5.11. The number of nitrogens with zero attached hydrogens (tertiary/aromatic N) is 2. The van der Waals surface area contributed by atoms with Gasteiger partial charge in [0.25, 0.3) is 0 Å². The van der Waals surface area contributed by atoms with Crippen LogP contribution in [0, 0.1) is 0 Å². The first kappa shape index (κ1) is 22.1. The van der Waals surface area contributed by atoms with Crippen LogP contribution < -0.4 is 0 Å². The van der Waals surface area contributed by atoms with Crippen molar-refractivity contribution in [2.24, 2.45) is 0 Å². The first-order valence-electron chi connectivity index (χ1n) is 12.8. The summed E-state index contributed by atoms with van der Waals surface area (Å²) in [6, 6.07) is 49.0. The van der Waals surface area contributed by atoms with E-state index in [1.54, 1.807) is 0 Å². The molecule has 2 aromatic heterocycles. The second kappa shape index (κ2) is 9.42. The van der Waals surface area contributed by atoms with Crippen molar-refractivity contribution in [3.8, 4) is 44.6 Å². The third-order valence-electron chi connectivity index (χ3n) is 7.12. The normalized spacial score (nSPS) is 11.2. The molecule has 0 bridgehead atoms. The van der Waals surface area contributed by atoms with Crippen molar-refractivity contribution in [1.29, 1.82) is 0 Å². The Labute approximate surface area is 221 Å². The average Bonchev–Trinajstić information content (AvgIpc) is 3.01. The highest BCUT2D eigenvalue weighted by Gasteiger charge is 2.12. The minimum atomic E-state index is 0.980. The van der Waals surface area contributed by atoms with E-state index in [9.17, 15) is 0 Å². The largest absolute Gasteiger partial charge is 0.256 e. The van der Waals surface area contributed by atoms with E-state index >= 15 is 0 Å². The van der Waals surface area contributed by atoms with E-state index in [1.165, 1.54) is 16.7 Å². The molecule has 7 aromatic rings. The molecule has 5 aromatic carbocycles. The Kier molecular flexibility index (Phi) is 5.49. The molecule has 178 valence electrons. The zero-order valence-corrected chi connectivity index (χ0v) is 20.8. The number of benzene rings is 5. The van der Waals surface area contributed by atoms with Crippen molar-refractivity contribution in [2.75, 3.05) is 0 Å². The van der Waals surface area contributed by atoms with Crippen LogP contribution >= 0.6 is 0 Å². The predicted molar refractivity (Wildman–Crippen MR) is 159 cm³/mol. The van der Waals surface area contributed by atoms with E-state index in [0.717, 1.165) is 49.8 Å². The van der Waals surface area contributed by atoms with E-state index in [-0.39, 0.29) is 0 Å². The summed E-state index contributed by atoms with van der Waals surface area (Å²) in [6.07, 6.45) is 1.86. The molecule has 2 heteroatoms. The van der Waals surface area contributed by atoms with Crippen molar-refractivity contribution in [3.63, 3.8) is 0 Å². The Balaban J connectivity index is 1.38. The van der Waals surface area contributed by atoms with Crippen molar-refractivity contribution < 1.29 is 0 Å². The van der Waals surface area contributed by atoms with Gasteiger partial charge in [0.15, 0.2) is 0 Å². The maximum absolute atomic E-state index is 5.11. The number of hydrogen-bond acceptors (Lipinski definition) is 2. The van der Waals surface area contributed by atoms with Gasteiger partial charge < -0.3 is 0 Å². The topological polar surface area (TPSA) is 25.8 Å². The zero-order valence-electron chi connectivity index (χ0n) is 20.8. The number of aromatic nitrogens is 2. The molecule has 0 saturated carbocycles. The molecule has 0 radical (unpaired) electrons. The molecule has 38 heavy (non-hydrogen) atoms. The Bertz CT molecular complexity index is 1880. The van der Waals surface area contributed by atoms with E-state index in [1.807, 2.05) is 18.3 Å². The summed E-state index contributed by atoms with van der Waals surface area (Å²) < 4.78 is 0. The molecule has 0 spiro atoms. The van der Waals surface area contributed by atoms with Gasteiger partial charge in [-0.25, -0.2) is 4.98 Å². The Morgan fingerprint density at radius 3 is 1.87 bits per heavy atom. The second-order valence-corrected chi connectivity index (χ2v) is 9.48. The molecule has 0 atom stereocenters. The van der Waals surface area contributed by atoms with Crippen LogP contribution in [0.25, 0.3) is 66.4 Å². The predicted octanol–water partition coefficient (Wildman–Crippen LogP) is 9.45. The fourth-order valence-electron chi connectivity index (χ4n) is 5.21. The molecule has 0 aliphatic rings. The Hall–Kier alpha value is -5.08. The first-order valence-corrected chi connectivity index (χ1v) is 12.8. The lowest BCUT2D eigenvalue weighted by atomic mass is 9.93. The standard InChI is InChI=1S/C36H24N2/c1-3-9-25(10-4-1)30-23-33(32-20-21-34(38-35(32)24-30)28-11-5-2-6-12-28)27-18-16-26(17-19-27)31-15-7-13-29-14-8-22-37-36(29)31/h1-24H. The molecule has 0 aliphatic carbocycles. The van der Waals surface area contributed by atoms with Crippen LogP contribution in [0.4, 0.5) is 0 Å². The molecular formula is C36H24N2. The minimum Gasteiger partial charge on any atom is -0.256 e. The van der Waals surface area contributed by atoms with Crippen LogP contribution in [0.15, 0.2) is 146 Å². The molecule has 0 saturated heterocycles. The Morgan fingerprint density at radius 2 is 1.11 bits per heavy atom. The first-order chi connectivity index (χ1) is 18.8. The van der Waals surface area contributed by atoms with Gasteiger partial charge in [-0.2, -0.15) is 0 Å². The molecule has 0 fully saturated rings. The maximum Gasteiger partial charge on any atom is 0.0780 e. The van der Waals surface area contributed by atoms with Gasteiger partial charge in [0.05, 0.1) is 16.7 Å². The number of para-hydroxylation sites is 1. The quantitative estimate of drug-likeness (QED) is 0.249. The molecule has 0 N–H and O–H groups in total. The third kappa shape index (κ3) is 4.03. The van der Waals surface area contributed by atoms with Crippen molar-refractivity contribution >= 4 is 21.8 Å². The van der Waals surface area contributed by atoms with Crippen LogP contribution in [-0.4, -0.2) is 9.97 Å². The van der Waals surface area contributed by atoms with Crippen LogP contribution in [0.2, 0.25) is 0 Å². The van der Waals surface area contributed by atoms with Gasteiger partial charge in [0, 0.05) is 28.1 Å². The molecular weight excluding hydrogens is 460 g/mol. The number of fused-ring (bicyclic) bond motifs is 2. The van der Waals surface area contributed by atoms with Gasteiger partial charge in [-0.3, -0.25) is 4.98 Å². The summed E-state index contributed by atoms with van der Waals surface area (Å²) in [7, 11) is 0. The lowest BCUT2D eigenvalue weighted by molar-refractivity contribution is 1.40. The summed E-state index contributed by atoms with van der Waals surface area (Å²) in [6.45, 7) is 0. The fraction of sp³-hybridized carbons (Fsp3) is 0. The number of hydrogen-bond donors (Lipinski definition) is 0. The summed E-state index contributed by atoms with van der Waals surface area (Å²) in [5.74, 6) is 0. The van der Waals surface area contributed by atoms with E-state index in [2.05, 4.69) is 132 Å². The highest BCUT2D eigenvalue weighted by Crippen LogP contribution is 2.36. The average molecular weight is 485 g/mol. The van der Waals surface area contributed by atoms with Gasteiger partial charge >= 0.3 is 0 Å². The van der Waals surface area contributed by atoms with Gasteiger partial charge in [-0.05, 0) is 52.1 Å². The molecule has 0 unspecified atom stereocenters. The fourth-order valence-corrected chi connectivity index (χ4v) is 5.21. The van der Waals surface area contributed by atoms with Crippen molar-refractivity contribution in [1.82, 2.24) is 9.97 Å². The van der Waals surface area contributed by atoms with Crippen LogP contribution in [-0.2, 0) is 0 Å². The summed E-state index contributed by atoms with van der Waals surface area (Å²) in [5.41, 5.74) is 11.1. The number of pyridine rings is 2. The summed E-state index contributed by atoms with van der Waals surface area (Å²) in [4.78, 5) is 9.76. The van der Waals surface area contributed by atoms with Crippen LogP contribution in [0.5, 0.6) is 0 Å². The minimum absolute atomic E-state index is 0.980. The van der Waals surface area contributed by atoms with Crippen LogP contribution in [0.3, 0.4) is 0 Å². The molecule has 2 heterocycles. The smallest absolute Gasteiger partial charge is 0.0780 e. The van der Waals surface area contributed by atoms with Gasteiger partial charge in [-0.1, -0.05) is 115 Å². The van der Waals surface area contributed by atoms with E-state index < -0.39 is 0 Å². The monoisotopic (exact) mass is 484 g/mol. The third-order valence-corrected chi connectivity index (χ3v) is 7.12. The molecule has 0 amide bonds. The highest BCUT2D eigenvalue weighted by atomic mass is 14.7. The lowest BCUT2D eigenvalue weighted by Gasteiger charge is -2.13. The molecule has 7 rings (SSSR count). The van der Waals surface area contributed by atoms with Crippen LogP contribution in [0.1, 0.15) is 0 Å². The number of rotatable bonds is 4. The second-order valence-electron chi connectivity index (χ2n) is 9.48. The summed E-state index contributed by atoms with van der Waals surface area (Å²) >= 11 is 0. The van der Waals surface area contributed by atoms with Gasteiger partial charge in [-0.15, -0.1) is 0 Å². The van der Waals surface area contributed by atoms with E-state index in [4.69, 9.17) is 4.98 Å². The Morgan fingerprint density at radius 1 is 0.421 bits per heavy atom. The molecule has 2 nitrogen and oxygen atoms in total. The highest BCUT2D eigenvalue weighted by molar-refractivity contribution is 6.00. The van der Waals surface area contributed by atoms with E-state index in [0.29, 0.717) is 0 Å². The van der Waals surface area contributed by atoms with Gasteiger partial charge in [0.1, 0.15) is 0 Å². The van der Waals surface area contributed by atoms with Crippen molar-refractivity contribution in [2.45, 2.75) is 0 Å². The lowest BCUT2D eigenvalue weighted by Crippen LogP contribution is -1.90. The van der Waals surface area contributed by atoms with Crippen molar-refractivity contribution in [3.05, 3.63) is 146 Å². The zero-order chi connectivity index (χ0) is 25.3. The SMILES string of the molecule is c1ccc(-c2cc(-c3ccc(-c4cccc5cccnc45)cc3)c3ccc(-c4ccccc4)nc3c2)cc1.